The van der Waals surface area contributed by atoms with Crippen molar-refractivity contribution in [3.63, 3.8) is 0 Å². The van der Waals surface area contributed by atoms with E-state index >= 15 is 0 Å². The van der Waals surface area contributed by atoms with Crippen LogP contribution < -0.4 is 0 Å². The standard InChI is InChI=1S/C20H36O4/c1-4-5-6-11-16(12-9-10-15(2)3)24-20(23)18-14-8-7-13-17(18)19(21)22/h15-18H,4-14H2,1-3H3,(H,21,22). The summed E-state index contributed by atoms with van der Waals surface area (Å²) in [5.74, 6) is -1.47. The summed E-state index contributed by atoms with van der Waals surface area (Å²) in [5.41, 5.74) is 0. The Morgan fingerprint density at radius 2 is 1.62 bits per heavy atom. The molecule has 1 N–H and O–H groups in total. The predicted octanol–water partition coefficient (Wildman–Crippen LogP) is 5.20. The van der Waals surface area contributed by atoms with E-state index < -0.39 is 17.8 Å². The van der Waals surface area contributed by atoms with Crippen LogP contribution in [-0.4, -0.2) is 23.1 Å². The summed E-state index contributed by atoms with van der Waals surface area (Å²) < 4.78 is 5.80. The molecular formula is C20H36O4. The molecule has 0 aromatic heterocycles. The molecule has 0 saturated heterocycles. The lowest BCUT2D eigenvalue weighted by Crippen LogP contribution is -2.35. The topological polar surface area (TPSA) is 63.6 Å². The summed E-state index contributed by atoms with van der Waals surface area (Å²) in [5, 5.41) is 9.36. The van der Waals surface area contributed by atoms with Crippen molar-refractivity contribution >= 4 is 11.9 Å². The van der Waals surface area contributed by atoms with Gasteiger partial charge in [0.05, 0.1) is 11.8 Å². The summed E-state index contributed by atoms with van der Waals surface area (Å²) in [7, 11) is 0. The molecule has 0 radical (unpaired) electrons. The third kappa shape index (κ3) is 7.67. The zero-order chi connectivity index (χ0) is 17.9. The summed E-state index contributed by atoms with van der Waals surface area (Å²) >= 11 is 0. The van der Waals surface area contributed by atoms with Crippen molar-refractivity contribution in [2.45, 2.75) is 97.5 Å². The van der Waals surface area contributed by atoms with Crippen LogP contribution in [-0.2, 0) is 14.3 Å². The van der Waals surface area contributed by atoms with Crippen molar-refractivity contribution in [1.29, 1.82) is 0 Å². The molecule has 3 unspecified atom stereocenters. The van der Waals surface area contributed by atoms with Crippen LogP contribution >= 0.6 is 0 Å². The van der Waals surface area contributed by atoms with Gasteiger partial charge in [-0.3, -0.25) is 9.59 Å². The number of carbonyl (C=O) groups excluding carboxylic acids is 1. The molecule has 4 heteroatoms. The minimum atomic E-state index is -0.848. The van der Waals surface area contributed by atoms with Gasteiger partial charge in [0.1, 0.15) is 6.10 Å². The van der Waals surface area contributed by atoms with Gasteiger partial charge in [-0.1, -0.05) is 52.9 Å². The highest BCUT2D eigenvalue weighted by Crippen LogP contribution is 2.32. The lowest BCUT2D eigenvalue weighted by Gasteiger charge is -2.29. The average molecular weight is 341 g/mol. The third-order valence-corrected chi connectivity index (χ3v) is 5.11. The molecule has 1 fully saturated rings. The first-order valence-electron chi connectivity index (χ1n) is 9.89. The zero-order valence-electron chi connectivity index (χ0n) is 15.8. The van der Waals surface area contributed by atoms with E-state index in [9.17, 15) is 14.7 Å². The number of ether oxygens (including phenoxy) is 1. The van der Waals surface area contributed by atoms with Gasteiger partial charge < -0.3 is 9.84 Å². The van der Waals surface area contributed by atoms with Crippen molar-refractivity contribution < 1.29 is 19.4 Å². The molecule has 1 rings (SSSR count). The summed E-state index contributed by atoms with van der Waals surface area (Å²) in [6.45, 7) is 6.58. The summed E-state index contributed by atoms with van der Waals surface area (Å²) in [6.07, 6.45) is 10.4. The Hall–Kier alpha value is -1.06. The van der Waals surface area contributed by atoms with Crippen LogP contribution in [0.1, 0.15) is 91.4 Å². The lowest BCUT2D eigenvalue weighted by molar-refractivity contribution is -0.164. The van der Waals surface area contributed by atoms with Gasteiger partial charge in [0.2, 0.25) is 0 Å². The smallest absolute Gasteiger partial charge is 0.310 e. The molecule has 0 spiro atoms. The first-order chi connectivity index (χ1) is 11.5. The van der Waals surface area contributed by atoms with E-state index in [0.29, 0.717) is 18.8 Å². The number of carbonyl (C=O) groups is 2. The molecule has 24 heavy (non-hydrogen) atoms. The van der Waals surface area contributed by atoms with Crippen molar-refractivity contribution in [1.82, 2.24) is 0 Å². The Morgan fingerprint density at radius 1 is 1.00 bits per heavy atom. The third-order valence-electron chi connectivity index (χ3n) is 5.11. The maximum Gasteiger partial charge on any atom is 0.310 e. The highest BCUT2D eigenvalue weighted by molar-refractivity contribution is 5.81. The molecule has 0 bridgehead atoms. The fourth-order valence-corrected chi connectivity index (χ4v) is 3.60. The van der Waals surface area contributed by atoms with Crippen LogP contribution in [0.3, 0.4) is 0 Å². The first-order valence-corrected chi connectivity index (χ1v) is 9.89. The SMILES string of the molecule is CCCCCC(CCCC(C)C)OC(=O)C1CCCCC1C(=O)O. The summed E-state index contributed by atoms with van der Waals surface area (Å²) in [6, 6.07) is 0. The minimum Gasteiger partial charge on any atom is -0.481 e. The average Bonchev–Trinajstić information content (AvgIpc) is 2.54. The fraction of sp³-hybridized carbons (Fsp3) is 0.900. The van der Waals surface area contributed by atoms with Crippen molar-refractivity contribution in [3.8, 4) is 0 Å². The Morgan fingerprint density at radius 3 is 2.21 bits per heavy atom. The van der Waals surface area contributed by atoms with E-state index in [2.05, 4.69) is 20.8 Å². The number of esters is 1. The lowest BCUT2D eigenvalue weighted by atomic mass is 9.79. The number of aliphatic carboxylic acids is 1. The van der Waals surface area contributed by atoms with E-state index in [4.69, 9.17) is 4.74 Å². The van der Waals surface area contributed by atoms with Gasteiger partial charge in [-0.05, 0) is 44.4 Å². The number of rotatable bonds is 11. The van der Waals surface area contributed by atoms with Crippen LogP contribution in [0.2, 0.25) is 0 Å². The van der Waals surface area contributed by atoms with Gasteiger partial charge in [-0.15, -0.1) is 0 Å². The maximum atomic E-state index is 12.6. The van der Waals surface area contributed by atoms with E-state index in [0.717, 1.165) is 57.8 Å². The van der Waals surface area contributed by atoms with Crippen LogP contribution in [0.4, 0.5) is 0 Å². The second kappa shape index (κ2) is 11.5. The molecule has 140 valence electrons. The van der Waals surface area contributed by atoms with Gasteiger partial charge in [-0.2, -0.15) is 0 Å². The molecule has 3 atom stereocenters. The molecule has 0 aromatic rings. The summed E-state index contributed by atoms with van der Waals surface area (Å²) in [4.78, 5) is 24.0. The van der Waals surface area contributed by atoms with E-state index in [-0.39, 0.29) is 12.1 Å². The number of unbranched alkanes of at least 4 members (excludes halogenated alkanes) is 2. The highest BCUT2D eigenvalue weighted by Gasteiger charge is 2.37. The van der Waals surface area contributed by atoms with Gasteiger partial charge in [0.15, 0.2) is 0 Å². The van der Waals surface area contributed by atoms with Crippen LogP contribution in [0.25, 0.3) is 0 Å². The fourth-order valence-electron chi connectivity index (χ4n) is 3.60. The zero-order valence-corrected chi connectivity index (χ0v) is 15.8. The van der Waals surface area contributed by atoms with Crippen LogP contribution in [0, 0.1) is 17.8 Å². The van der Waals surface area contributed by atoms with Crippen LogP contribution in [0.15, 0.2) is 0 Å². The Bertz CT molecular complexity index is 378. The van der Waals surface area contributed by atoms with E-state index in [1.54, 1.807) is 0 Å². The quantitative estimate of drug-likeness (QED) is 0.415. The van der Waals surface area contributed by atoms with Gasteiger partial charge in [0.25, 0.3) is 0 Å². The van der Waals surface area contributed by atoms with Crippen molar-refractivity contribution in [2.75, 3.05) is 0 Å². The molecule has 1 aliphatic rings. The predicted molar refractivity (Wildman–Crippen MR) is 95.8 cm³/mol. The van der Waals surface area contributed by atoms with E-state index in [1.807, 2.05) is 0 Å². The second-order valence-corrected chi connectivity index (χ2v) is 7.72. The number of carboxylic acids is 1. The van der Waals surface area contributed by atoms with Gasteiger partial charge >= 0.3 is 11.9 Å². The van der Waals surface area contributed by atoms with Crippen LogP contribution in [0.5, 0.6) is 0 Å². The maximum absolute atomic E-state index is 12.6. The Labute approximate surface area is 147 Å². The van der Waals surface area contributed by atoms with Gasteiger partial charge in [-0.25, -0.2) is 0 Å². The largest absolute Gasteiger partial charge is 0.481 e. The second-order valence-electron chi connectivity index (χ2n) is 7.72. The Kier molecular flexibility index (Phi) is 10.0. The molecule has 0 heterocycles. The molecule has 0 aliphatic heterocycles. The normalized spacial score (nSPS) is 22.3. The monoisotopic (exact) mass is 340 g/mol. The van der Waals surface area contributed by atoms with Crippen molar-refractivity contribution in [3.05, 3.63) is 0 Å². The molecule has 1 aliphatic carbocycles. The molecular weight excluding hydrogens is 304 g/mol. The number of hydrogen-bond acceptors (Lipinski definition) is 3. The minimum absolute atomic E-state index is 0.0424. The molecule has 0 amide bonds. The molecule has 4 nitrogen and oxygen atoms in total. The Balaban J connectivity index is 2.57. The number of hydrogen-bond donors (Lipinski definition) is 1. The highest BCUT2D eigenvalue weighted by atomic mass is 16.5. The molecule has 0 aromatic carbocycles. The van der Waals surface area contributed by atoms with Crippen molar-refractivity contribution in [2.24, 2.45) is 17.8 Å². The molecule has 1 saturated carbocycles. The number of carboxylic acid groups (broad SMARTS) is 1. The van der Waals surface area contributed by atoms with E-state index in [1.165, 1.54) is 0 Å². The first kappa shape index (κ1) is 21.0. The van der Waals surface area contributed by atoms with Gasteiger partial charge in [0, 0.05) is 0 Å².